The zero-order valence-corrected chi connectivity index (χ0v) is 30.2. The Morgan fingerprint density at radius 2 is 1.49 bits per heavy atom. The minimum Gasteiger partial charge on any atom is -0.490 e. The first-order valence-corrected chi connectivity index (χ1v) is 17.9. The first-order valence-electron chi connectivity index (χ1n) is 15.0. The summed E-state index contributed by atoms with van der Waals surface area (Å²) in [6.45, 7) is 11.4. The Hall–Kier alpha value is -2.41. The van der Waals surface area contributed by atoms with Gasteiger partial charge in [0.15, 0.2) is 23.1 Å². The van der Waals surface area contributed by atoms with E-state index < -0.39 is 16.0 Å². The van der Waals surface area contributed by atoms with Crippen molar-refractivity contribution in [2.45, 2.75) is 71.1 Å². The molecule has 45 heavy (non-hydrogen) atoms. The molecule has 0 radical (unpaired) electrons. The van der Waals surface area contributed by atoms with Crippen LogP contribution in [0.25, 0.3) is 0 Å². The maximum Gasteiger partial charge on any atom is 0.339 e. The SMILES string of the molecule is CCOc1cc(C2C3=C(CC(C)(C)CC3=O)N(CCOC)C3=C2C(=O)CC(C)(C)C3)cc(I)c1OS(=O)(=O)c1ccc(Cl)cc1. The van der Waals surface area contributed by atoms with Crippen molar-refractivity contribution >= 4 is 55.9 Å². The molecular formula is C34H39ClINO7S. The lowest BCUT2D eigenvalue weighted by Crippen LogP contribution is -2.45. The molecule has 0 saturated heterocycles. The quantitative estimate of drug-likeness (QED) is 0.192. The molecule has 0 amide bonds. The molecular weight excluding hydrogens is 729 g/mol. The number of ketones is 2. The number of carbonyl (C=O) groups excluding carboxylic acids is 2. The molecule has 0 unspecified atom stereocenters. The van der Waals surface area contributed by atoms with Gasteiger partial charge in [-0.05, 0) is 95.1 Å². The van der Waals surface area contributed by atoms with E-state index in [1.165, 1.54) is 24.3 Å². The van der Waals surface area contributed by atoms with E-state index in [4.69, 9.17) is 25.3 Å². The second-order valence-electron chi connectivity index (χ2n) is 13.4. The maximum atomic E-state index is 14.1. The summed E-state index contributed by atoms with van der Waals surface area (Å²) in [4.78, 5) is 30.3. The molecule has 1 heterocycles. The van der Waals surface area contributed by atoms with Crippen molar-refractivity contribution < 1.29 is 31.7 Å². The minimum absolute atomic E-state index is 0.0106. The van der Waals surface area contributed by atoms with Crippen molar-refractivity contribution in [3.8, 4) is 11.5 Å². The van der Waals surface area contributed by atoms with Crippen LogP contribution in [0.5, 0.6) is 11.5 Å². The number of methoxy groups -OCH3 is 1. The van der Waals surface area contributed by atoms with Crippen LogP contribution in [-0.4, -0.2) is 51.8 Å². The number of rotatable bonds is 9. The molecule has 2 aliphatic carbocycles. The van der Waals surface area contributed by atoms with E-state index in [1.54, 1.807) is 26.2 Å². The first-order chi connectivity index (χ1) is 21.1. The molecule has 8 nitrogen and oxygen atoms in total. The lowest BCUT2D eigenvalue weighted by Gasteiger charge is -2.49. The zero-order chi connectivity index (χ0) is 32.9. The van der Waals surface area contributed by atoms with Crippen LogP contribution in [0.3, 0.4) is 0 Å². The smallest absolute Gasteiger partial charge is 0.339 e. The van der Waals surface area contributed by atoms with Gasteiger partial charge in [0.05, 0.1) is 16.8 Å². The Morgan fingerprint density at radius 3 is 2.00 bits per heavy atom. The topological polar surface area (TPSA) is 99.2 Å². The van der Waals surface area contributed by atoms with Gasteiger partial charge in [0.25, 0.3) is 0 Å². The van der Waals surface area contributed by atoms with Gasteiger partial charge in [-0.15, -0.1) is 0 Å². The van der Waals surface area contributed by atoms with Crippen molar-refractivity contribution in [1.82, 2.24) is 4.90 Å². The fourth-order valence-electron chi connectivity index (χ4n) is 6.69. The van der Waals surface area contributed by atoms with E-state index in [-0.39, 0.29) is 45.4 Å². The number of ether oxygens (including phenoxy) is 2. The Bertz CT molecular complexity index is 1660. The van der Waals surface area contributed by atoms with Crippen LogP contribution in [0.4, 0.5) is 0 Å². The molecule has 5 rings (SSSR count). The third-order valence-corrected chi connectivity index (χ3v) is 10.8. The Balaban J connectivity index is 1.70. The van der Waals surface area contributed by atoms with Gasteiger partial charge in [0.2, 0.25) is 0 Å². The summed E-state index contributed by atoms with van der Waals surface area (Å²) in [5, 5.41) is 0.403. The van der Waals surface area contributed by atoms with Crippen LogP contribution in [0.2, 0.25) is 5.02 Å². The predicted octanol–water partition coefficient (Wildman–Crippen LogP) is 7.44. The Kier molecular flexibility index (Phi) is 9.54. The summed E-state index contributed by atoms with van der Waals surface area (Å²) in [5.41, 5.74) is 3.29. The zero-order valence-electron chi connectivity index (χ0n) is 26.5. The van der Waals surface area contributed by atoms with Gasteiger partial charge >= 0.3 is 10.1 Å². The summed E-state index contributed by atoms with van der Waals surface area (Å²) in [6.07, 6.45) is 2.07. The monoisotopic (exact) mass is 767 g/mol. The molecule has 0 fully saturated rings. The van der Waals surface area contributed by atoms with E-state index in [0.29, 0.717) is 64.1 Å². The average molecular weight is 768 g/mol. The van der Waals surface area contributed by atoms with Crippen LogP contribution < -0.4 is 8.92 Å². The highest BCUT2D eigenvalue weighted by Gasteiger charge is 2.49. The van der Waals surface area contributed by atoms with Crippen LogP contribution >= 0.6 is 34.2 Å². The van der Waals surface area contributed by atoms with Crippen molar-refractivity contribution in [3.63, 3.8) is 0 Å². The van der Waals surface area contributed by atoms with Gasteiger partial charge in [0, 0.05) is 60.0 Å². The molecule has 0 spiro atoms. The molecule has 2 aromatic rings. The highest BCUT2D eigenvalue weighted by molar-refractivity contribution is 14.1. The third kappa shape index (κ3) is 6.84. The number of hydrogen-bond acceptors (Lipinski definition) is 8. The van der Waals surface area contributed by atoms with Crippen molar-refractivity contribution in [1.29, 1.82) is 0 Å². The van der Waals surface area contributed by atoms with Gasteiger partial charge in [-0.3, -0.25) is 9.59 Å². The molecule has 242 valence electrons. The number of hydrogen-bond donors (Lipinski definition) is 0. The van der Waals surface area contributed by atoms with E-state index in [1.807, 2.05) is 22.6 Å². The summed E-state index contributed by atoms with van der Waals surface area (Å²) in [6, 6.07) is 9.26. The highest BCUT2D eigenvalue weighted by atomic mass is 127. The summed E-state index contributed by atoms with van der Waals surface area (Å²) in [7, 11) is -2.57. The number of allylic oxidation sites excluding steroid dienone is 4. The van der Waals surface area contributed by atoms with Crippen molar-refractivity contribution in [2.75, 3.05) is 26.9 Å². The summed E-state index contributed by atoms with van der Waals surface area (Å²) < 4.78 is 44.1. The van der Waals surface area contributed by atoms with Gasteiger partial charge in [0.1, 0.15) is 4.90 Å². The molecule has 0 atom stereocenters. The van der Waals surface area contributed by atoms with Gasteiger partial charge < -0.3 is 18.6 Å². The van der Waals surface area contributed by atoms with E-state index in [0.717, 1.165) is 11.4 Å². The maximum absolute atomic E-state index is 14.1. The van der Waals surface area contributed by atoms with Crippen LogP contribution in [0, 0.1) is 14.4 Å². The number of halogens is 2. The molecule has 2 aromatic carbocycles. The fourth-order valence-corrected chi connectivity index (χ4v) is 8.66. The number of nitrogens with zero attached hydrogens (tertiary/aromatic N) is 1. The third-order valence-electron chi connectivity index (χ3n) is 8.50. The molecule has 0 N–H and O–H groups in total. The lowest BCUT2D eigenvalue weighted by molar-refractivity contribution is -0.119. The molecule has 0 bridgehead atoms. The number of Topliss-reactive ketones (excluding diaryl/α,β-unsaturated/α-hetero) is 2. The molecule has 0 aromatic heterocycles. The average Bonchev–Trinajstić information content (AvgIpc) is 2.92. The minimum atomic E-state index is -4.22. The largest absolute Gasteiger partial charge is 0.490 e. The van der Waals surface area contributed by atoms with Crippen molar-refractivity contribution in [2.24, 2.45) is 10.8 Å². The normalized spacial score (nSPS) is 19.9. The summed E-state index contributed by atoms with van der Waals surface area (Å²) >= 11 is 8.00. The fraction of sp³-hybridized carbons (Fsp3) is 0.471. The highest BCUT2D eigenvalue weighted by Crippen LogP contribution is 2.55. The van der Waals surface area contributed by atoms with Crippen LogP contribution in [0.15, 0.2) is 63.8 Å². The van der Waals surface area contributed by atoms with Crippen molar-refractivity contribution in [3.05, 3.63) is 73.1 Å². The van der Waals surface area contributed by atoms with Crippen LogP contribution in [-0.2, 0) is 24.4 Å². The number of benzene rings is 2. The molecule has 3 aliphatic rings. The predicted molar refractivity (Wildman–Crippen MR) is 181 cm³/mol. The van der Waals surface area contributed by atoms with E-state index in [9.17, 15) is 18.0 Å². The number of carbonyl (C=O) groups is 2. The van der Waals surface area contributed by atoms with Gasteiger partial charge in [-0.1, -0.05) is 39.3 Å². The van der Waals surface area contributed by atoms with Gasteiger partial charge in [-0.2, -0.15) is 8.42 Å². The first kappa shape index (κ1) is 33.9. The second kappa shape index (κ2) is 12.7. The standard InChI is InChI=1S/C34H39ClINO7S/c1-7-43-28-15-20(14-23(36)32(28)44-45(40,41)22-10-8-21(35)9-11-22)29-30-24(16-33(2,3)18-26(30)38)37(12-13-42-6)25-17-34(4,5)19-27(39)31(25)29/h8-11,14-15,29H,7,12-13,16-19H2,1-6H3. The lowest BCUT2D eigenvalue weighted by atomic mass is 9.63. The Morgan fingerprint density at radius 1 is 0.933 bits per heavy atom. The summed E-state index contributed by atoms with van der Waals surface area (Å²) in [5.74, 6) is -0.330. The van der Waals surface area contributed by atoms with E-state index >= 15 is 0 Å². The molecule has 11 heteroatoms. The van der Waals surface area contributed by atoms with Gasteiger partial charge in [-0.25, -0.2) is 0 Å². The second-order valence-corrected chi connectivity index (χ2v) is 16.6. The Labute approximate surface area is 284 Å². The van der Waals surface area contributed by atoms with Crippen LogP contribution in [0.1, 0.15) is 71.8 Å². The van der Waals surface area contributed by atoms with E-state index in [2.05, 4.69) is 32.6 Å². The molecule has 0 saturated carbocycles. The molecule has 1 aliphatic heterocycles.